The van der Waals surface area contributed by atoms with E-state index in [0.717, 1.165) is 61.5 Å². The summed E-state index contributed by atoms with van der Waals surface area (Å²) < 4.78 is 5.44. The zero-order valence-electron chi connectivity index (χ0n) is 12.5. The number of halogens is 1. The van der Waals surface area contributed by atoms with Gasteiger partial charge in [-0.1, -0.05) is 11.6 Å². The van der Waals surface area contributed by atoms with Gasteiger partial charge < -0.3 is 14.5 Å². The fraction of sp³-hybridized carbons (Fsp3) is 0.562. The molecule has 1 aromatic rings. The summed E-state index contributed by atoms with van der Waals surface area (Å²) in [6.07, 6.45) is 3.52. The second-order valence-corrected chi connectivity index (χ2v) is 6.08. The van der Waals surface area contributed by atoms with Gasteiger partial charge in [-0.3, -0.25) is 0 Å². The van der Waals surface area contributed by atoms with Crippen LogP contribution in [0.2, 0.25) is 5.02 Å². The van der Waals surface area contributed by atoms with Crippen molar-refractivity contribution in [3.05, 3.63) is 23.2 Å². The number of hydrogen-bond donors (Lipinski definition) is 0. The van der Waals surface area contributed by atoms with Crippen LogP contribution in [0.25, 0.3) is 0 Å². The SMILES string of the molecule is CN1CCCC/C1=N\c1cc(Cl)ccc1N1CCOCC1. The highest BCUT2D eigenvalue weighted by Crippen LogP contribution is 2.33. The van der Waals surface area contributed by atoms with E-state index in [1.807, 2.05) is 12.1 Å². The van der Waals surface area contributed by atoms with Gasteiger partial charge in [0, 0.05) is 38.1 Å². The summed E-state index contributed by atoms with van der Waals surface area (Å²) >= 11 is 6.18. The summed E-state index contributed by atoms with van der Waals surface area (Å²) in [5, 5.41) is 0.741. The molecule has 0 radical (unpaired) electrons. The first kappa shape index (κ1) is 14.7. The highest BCUT2D eigenvalue weighted by molar-refractivity contribution is 6.31. The Morgan fingerprint density at radius 1 is 1.14 bits per heavy atom. The maximum atomic E-state index is 6.18. The van der Waals surface area contributed by atoms with Crippen molar-refractivity contribution in [2.24, 2.45) is 4.99 Å². The van der Waals surface area contributed by atoms with Crippen molar-refractivity contribution >= 4 is 28.8 Å². The number of aliphatic imine (C=N–C) groups is 1. The van der Waals surface area contributed by atoms with Crippen LogP contribution in [-0.4, -0.2) is 50.6 Å². The normalized spacial score (nSPS) is 21.9. The maximum absolute atomic E-state index is 6.18. The number of piperidine rings is 1. The van der Waals surface area contributed by atoms with Crippen LogP contribution >= 0.6 is 11.6 Å². The van der Waals surface area contributed by atoms with Crippen molar-refractivity contribution in [1.29, 1.82) is 0 Å². The minimum atomic E-state index is 0.741. The van der Waals surface area contributed by atoms with Crippen LogP contribution in [0.3, 0.4) is 0 Å². The van der Waals surface area contributed by atoms with Crippen LogP contribution in [0.4, 0.5) is 11.4 Å². The predicted molar refractivity (Wildman–Crippen MR) is 88.1 cm³/mol. The molecular formula is C16H22ClN3O. The lowest BCUT2D eigenvalue weighted by Crippen LogP contribution is -2.36. The van der Waals surface area contributed by atoms with E-state index in [1.54, 1.807) is 0 Å². The molecule has 3 rings (SSSR count). The Balaban J connectivity index is 1.92. The molecule has 0 spiro atoms. The first-order chi connectivity index (χ1) is 10.2. The first-order valence-corrected chi connectivity index (χ1v) is 8.03. The van der Waals surface area contributed by atoms with Crippen molar-refractivity contribution < 1.29 is 4.74 Å². The maximum Gasteiger partial charge on any atom is 0.105 e. The smallest absolute Gasteiger partial charge is 0.105 e. The lowest BCUT2D eigenvalue weighted by molar-refractivity contribution is 0.123. The third kappa shape index (κ3) is 3.50. The lowest BCUT2D eigenvalue weighted by Gasteiger charge is -2.31. The highest BCUT2D eigenvalue weighted by atomic mass is 35.5. The fourth-order valence-electron chi connectivity index (χ4n) is 2.89. The van der Waals surface area contributed by atoms with Gasteiger partial charge >= 0.3 is 0 Å². The Kier molecular flexibility index (Phi) is 4.66. The monoisotopic (exact) mass is 307 g/mol. The molecule has 0 bridgehead atoms. The minimum Gasteiger partial charge on any atom is -0.378 e. The van der Waals surface area contributed by atoms with Gasteiger partial charge in [0.15, 0.2) is 0 Å². The molecule has 2 aliphatic rings. The fourth-order valence-corrected chi connectivity index (χ4v) is 3.06. The molecule has 0 aromatic heterocycles. The molecular weight excluding hydrogens is 286 g/mol. The number of ether oxygens (including phenoxy) is 1. The van der Waals surface area contributed by atoms with Gasteiger partial charge in [-0.05, 0) is 31.0 Å². The number of rotatable bonds is 2. The van der Waals surface area contributed by atoms with Crippen molar-refractivity contribution in [3.63, 3.8) is 0 Å². The average Bonchev–Trinajstić information content (AvgIpc) is 2.51. The summed E-state index contributed by atoms with van der Waals surface area (Å²) in [5.74, 6) is 1.16. The summed E-state index contributed by atoms with van der Waals surface area (Å²) in [7, 11) is 2.12. The summed E-state index contributed by atoms with van der Waals surface area (Å²) in [6, 6.07) is 6.00. The Hall–Kier alpha value is -1.26. The molecule has 2 heterocycles. The molecule has 5 heteroatoms. The van der Waals surface area contributed by atoms with Gasteiger partial charge in [0.2, 0.25) is 0 Å². The van der Waals surface area contributed by atoms with Gasteiger partial charge in [0.25, 0.3) is 0 Å². The molecule has 0 aliphatic carbocycles. The van der Waals surface area contributed by atoms with Crippen molar-refractivity contribution in [1.82, 2.24) is 4.90 Å². The second kappa shape index (κ2) is 6.67. The molecule has 114 valence electrons. The topological polar surface area (TPSA) is 28.1 Å². The number of benzene rings is 1. The van der Waals surface area contributed by atoms with Crippen LogP contribution < -0.4 is 4.90 Å². The average molecular weight is 308 g/mol. The van der Waals surface area contributed by atoms with Gasteiger partial charge in [-0.25, -0.2) is 4.99 Å². The van der Waals surface area contributed by atoms with Crippen molar-refractivity contribution in [2.45, 2.75) is 19.3 Å². The quantitative estimate of drug-likeness (QED) is 0.839. The Bertz CT molecular complexity index is 526. The van der Waals surface area contributed by atoms with E-state index in [9.17, 15) is 0 Å². The highest BCUT2D eigenvalue weighted by Gasteiger charge is 2.17. The largest absolute Gasteiger partial charge is 0.378 e. The van der Waals surface area contributed by atoms with E-state index in [1.165, 1.54) is 12.8 Å². The molecule has 4 nitrogen and oxygen atoms in total. The van der Waals surface area contributed by atoms with Gasteiger partial charge in [-0.2, -0.15) is 0 Å². The van der Waals surface area contributed by atoms with Crippen LogP contribution in [0.15, 0.2) is 23.2 Å². The van der Waals surface area contributed by atoms with E-state index in [0.29, 0.717) is 0 Å². The zero-order chi connectivity index (χ0) is 14.7. The second-order valence-electron chi connectivity index (χ2n) is 5.64. The number of morpholine rings is 1. The van der Waals surface area contributed by atoms with Gasteiger partial charge in [-0.15, -0.1) is 0 Å². The third-order valence-corrected chi connectivity index (χ3v) is 4.36. The van der Waals surface area contributed by atoms with E-state index in [2.05, 4.69) is 22.9 Å². The molecule has 0 atom stereocenters. The molecule has 21 heavy (non-hydrogen) atoms. The predicted octanol–water partition coefficient (Wildman–Crippen LogP) is 3.32. The number of likely N-dealkylation sites (tertiary alicyclic amines) is 1. The zero-order valence-corrected chi connectivity index (χ0v) is 13.3. The molecule has 2 aliphatic heterocycles. The number of anilines is 1. The van der Waals surface area contributed by atoms with Crippen molar-refractivity contribution in [3.8, 4) is 0 Å². The van der Waals surface area contributed by atoms with Crippen LogP contribution in [0.1, 0.15) is 19.3 Å². The Labute approximate surface area is 131 Å². The minimum absolute atomic E-state index is 0.741. The molecule has 0 saturated carbocycles. The van der Waals surface area contributed by atoms with E-state index in [4.69, 9.17) is 21.3 Å². The lowest BCUT2D eigenvalue weighted by atomic mass is 10.1. The Morgan fingerprint density at radius 2 is 1.95 bits per heavy atom. The summed E-state index contributed by atoms with van der Waals surface area (Å²) in [5.41, 5.74) is 2.14. The molecule has 0 unspecified atom stereocenters. The number of nitrogens with zero attached hydrogens (tertiary/aromatic N) is 3. The van der Waals surface area contributed by atoms with E-state index >= 15 is 0 Å². The molecule has 2 fully saturated rings. The van der Waals surface area contributed by atoms with Gasteiger partial charge in [0.05, 0.1) is 24.6 Å². The Morgan fingerprint density at radius 3 is 2.71 bits per heavy atom. The van der Waals surface area contributed by atoms with Crippen LogP contribution in [-0.2, 0) is 4.74 Å². The van der Waals surface area contributed by atoms with Gasteiger partial charge in [0.1, 0.15) is 5.84 Å². The summed E-state index contributed by atoms with van der Waals surface area (Å²) in [4.78, 5) is 9.50. The molecule has 2 saturated heterocycles. The standard InChI is InChI=1S/C16H22ClN3O/c1-19-7-3-2-4-16(19)18-14-12-13(17)5-6-15(14)20-8-10-21-11-9-20/h5-6,12H,2-4,7-11H2,1H3/b18-16+. The molecule has 0 amide bonds. The first-order valence-electron chi connectivity index (χ1n) is 7.65. The van der Waals surface area contributed by atoms with E-state index in [-0.39, 0.29) is 0 Å². The third-order valence-electron chi connectivity index (χ3n) is 4.12. The number of hydrogen-bond acceptors (Lipinski definition) is 3. The van der Waals surface area contributed by atoms with E-state index < -0.39 is 0 Å². The number of amidine groups is 1. The van der Waals surface area contributed by atoms with Crippen LogP contribution in [0.5, 0.6) is 0 Å². The summed E-state index contributed by atoms with van der Waals surface area (Å²) in [6.45, 7) is 4.47. The molecule has 1 aromatic carbocycles. The van der Waals surface area contributed by atoms with Crippen molar-refractivity contribution in [2.75, 3.05) is 44.8 Å². The van der Waals surface area contributed by atoms with Crippen LogP contribution in [0, 0.1) is 0 Å². The molecule has 0 N–H and O–H groups in total.